The molecular weight excluding hydrogens is 334 g/mol. The Morgan fingerprint density at radius 3 is 2.62 bits per heavy atom. The van der Waals surface area contributed by atoms with Crippen molar-refractivity contribution >= 4 is 21.9 Å². The standard InChI is InChI=1S/C16H24BrNO3/c1-5-20-16(19)12(4)21-15-7-6-13(8-14(15)17)10-18-9-11(2)3/h6-8,11-12,18H,5,9-10H2,1-4H3. The minimum Gasteiger partial charge on any atom is -0.478 e. The molecule has 1 aromatic rings. The molecule has 1 unspecified atom stereocenters. The van der Waals surface area contributed by atoms with Crippen LogP contribution in [0.2, 0.25) is 0 Å². The van der Waals surface area contributed by atoms with Crippen LogP contribution in [0.25, 0.3) is 0 Å². The first-order valence-corrected chi connectivity index (χ1v) is 8.05. The third-order valence-corrected chi connectivity index (χ3v) is 3.42. The van der Waals surface area contributed by atoms with Crippen LogP contribution in [0, 0.1) is 5.92 Å². The Bertz CT molecular complexity index is 463. The first kappa shape index (κ1) is 18.0. The lowest BCUT2D eigenvalue weighted by Crippen LogP contribution is -2.26. The molecule has 0 aliphatic carbocycles. The van der Waals surface area contributed by atoms with Gasteiger partial charge in [0.15, 0.2) is 6.10 Å². The van der Waals surface area contributed by atoms with Crippen LogP contribution < -0.4 is 10.1 Å². The first-order chi connectivity index (χ1) is 9.93. The number of hydrogen-bond donors (Lipinski definition) is 1. The van der Waals surface area contributed by atoms with Crippen molar-refractivity contribution in [1.82, 2.24) is 5.32 Å². The van der Waals surface area contributed by atoms with Crippen LogP contribution in [0.1, 0.15) is 33.3 Å². The van der Waals surface area contributed by atoms with Crippen LogP contribution in [0.4, 0.5) is 0 Å². The fourth-order valence-electron chi connectivity index (χ4n) is 1.75. The summed E-state index contributed by atoms with van der Waals surface area (Å²) in [4.78, 5) is 11.6. The molecule has 5 heteroatoms. The summed E-state index contributed by atoms with van der Waals surface area (Å²) >= 11 is 3.48. The minimum absolute atomic E-state index is 0.355. The quantitative estimate of drug-likeness (QED) is 0.723. The van der Waals surface area contributed by atoms with E-state index < -0.39 is 6.10 Å². The van der Waals surface area contributed by atoms with E-state index in [4.69, 9.17) is 9.47 Å². The van der Waals surface area contributed by atoms with E-state index in [1.807, 2.05) is 18.2 Å². The Hall–Kier alpha value is -1.07. The number of nitrogens with one attached hydrogen (secondary N) is 1. The third kappa shape index (κ3) is 6.48. The molecule has 0 aliphatic rings. The number of halogens is 1. The van der Waals surface area contributed by atoms with Crippen LogP contribution in [-0.2, 0) is 16.1 Å². The van der Waals surface area contributed by atoms with Crippen molar-refractivity contribution in [3.8, 4) is 5.75 Å². The molecule has 21 heavy (non-hydrogen) atoms. The van der Waals surface area contributed by atoms with Crippen molar-refractivity contribution in [3.05, 3.63) is 28.2 Å². The molecule has 0 amide bonds. The highest BCUT2D eigenvalue weighted by molar-refractivity contribution is 9.10. The number of esters is 1. The van der Waals surface area contributed by atoms with Crippen molar-refractivity contribution < 1.29 is 14.3 Å². The van der Waals surface area contributed by atoms with Crippen LogP contribution in [0.3, 0.4) is 0 Å². The summed E-state index contributed by atoms with van der Waals surface area (Å²) in [6.07, 6.45) is -0.619. The van der Waals surface area contributed by atoms with Gasteiger partial charge >= 0.3 is 5.97 Å². The van der Waals surface area contributed by atoms with Crippen LogP contribution >= 0.6 is 15.9 Å². The lowest BCUT2D eigenvalue weighted by atomic mass is 10.2. The van der Waals surface area contributed by atoms with Gasteiger partial charge in [-0.1, -0.05) is 19.9 Å². The topological polar surface area (TPSA) is 47.6 Å². The van der Waals surface area contributed by atoms with Gasteiger partial charge in [0.05, 0.1) is 11.1 Å². The monoisotopic (exact) mass is 357 g/mol. The van der Waals surface area contributed by atoms with Gasteiger partial charge in [0, 0.05) is 6.54 Å². The van der Waals surface area contributed by atoms with E-state index in [9.17, 15) is 4.79 Å². The average Bonchev–Trinajstić information content (AvgIpc) is 2.41. The van der Waals surface area contributed by atoms with Gasteiger partial charge in [-0.2, -0.15) is 0 Å². The zero-order chi connectivity index (χ0) is 15.8. The molecule has 0 saturated heterocycles. The van der Waals surface area contributed by atoms with Crippen molar-refractivity contribution in [2.45, 2.75) is 40.3 Å². The molecular formula is C16H24BrNO3. The van der Waals surface area contributed by atoms with Crippen LogP contribution in [-0.4, -0.2) is 25.2 Å². The molecule has 1 aromatic carbocycles. The van der Waals surface area contributed by atoms with Crippen LogP contribution in [0.15, 0.2) is 22.7 Å². The zero-order valence-corrected chi connectivity index (χ0v) is 14.7. The Morgan fingerprint density at radius 1 is 1.33 bits per heavy atom. The second kappa shape index (κ2) is 9.05. The van der Waals surface area contributed by atoms with Crippen molar-refractivity contribution in [3.63, 3.8) is 0 Å². The lowest BCUT2D eigenvalue weighted by Gasteiger charge is -2.15. The number of rotatable bonds is 8. The highest BCUT2D eigenvalue weighted by Gasteiger charge is 2.17. The minimum atomic E-state index is -0.619. The molecule has 1 atom stereocenters. The van der Waals surface area contributed by atoms with E-state index >= 15 is 0 Å². The van der Waals surface area contributed by atoms with Gasteiger partial charge in [0.2, 0.25) is 0 Å². The summed E-state index contributed by atoms with van der Waals surface area (Å²) in [6.45, 7) is 9.96. The highest BCUT2D eigenvalue weighted by Crippen LogP contribution is 2.27. The molecule has 0 radical (unpaired) electrons. The second-order valence-corrected chi connectivity index (χ2v) is 6.16. The fraction of sp³-hybridized carbons (Fsp3) is 0.562. The van der Waals surface area contributed by atoms with E-state index in [0.717, 1.165) is 17.6 Å². The molecule has 0 spiro atoms. The number of ether oxygens (including phenoxy) is 2. The smallest absolute Gasteiger partial charge is 0.347 e. The third-order valence-electron chi connectivity index (χ3n) is 2.80. The molecule has 0 heterocycles. The number of carbonyl (C=O) groups excluding carboxylic acids is 1. The van der Waals surface area contributed by atoms with Crippen molar-refractivity contribution in [1.29, 1.82) is 0 Å². The normalized spacial score (nSPS) is 12.3. The zero-order valence-electron chi connectivity index (χ0n) is 13.1. The van der Waals surface area contributed by atoms with Gasteiger partial charge in [-0.25, -0.2) is 4.79 Å². The molecule has 1 N–H and O–H groups in total. The van der Waals surface area contributed by atoms with Gasteiger partial charge in [0.1, 0.15) is 5.75 Å². The average molecular weight is 358 g/mol. The van der Waals surface area contributed by atoms with E-state index in [2.05, 4.69) is 35.1 Å². The summed E-state index contributed by atoms with van der Waals surface area (Å²) in [5.41, 5.74) is 1.17. The first-order valence-electron chi connectivity index (χ1n) is 7.26. The van der Waals surface area contributed by atoms with E-state index in [1.54, 1.807) is 13.8 Å². The Balaban J connectivity index is 2.59. The van der Waals surface area contributed by atoms with Gasteiger partial charge in [-0.15, -0.1) is 0 Å². The molecule has 118 valence electrons. The maximum absolute atomic E-state index is 11.6. The lowest BCUT2D eigenvalue weighted by molar-refractivity contribution is -0.150. The SMILES string of the molecule is CCOC(=O)C(C)Oc1ccc(CNCC(C)C)cc1Br. The number of hydrogen-bond acceptors (Lipinski definition) is 4. The van der Waals surface area contributed by atoms with E-state index in [-0.39, 0.29) is 5.97 Å². The maximum Gasteiger partial charge on any atom is 0.347 e. The van der Waals surface area contributed by atoms with E-state index in [1.165, 1.54) is 5.56 Å². The Kier molecular flexibility index (Phi) is 7.75. The van der Waals surface area contributed by atoms with Gasteiger partial charge < -0.3 is 14.8 Å². The second-order valence-electron chi connectivity index (χ2n) is 5.30. The number of benzene rings is 1. The Morgan fingerprint density at radius 2 is 2.05 bits per heavy atom. The Labute approximate surface area is 135 Å². The summed E-state index contributed by atoms with van der Waals surface area (Å²) in [6, 6.07) is 5.86. The molecule has 0 saturated carbocycles. The van der Waals surface area contributed by atoms with Crippen LogP contribution in [0.5, 0.6) is 5.75 Å². The molecule has 0 aromatic heterocycles. The molecule has 0 bridgehead atoms. The summed E-state index contributed by atoms with van der Waals surface area (Å²) in [7, 11) is 0. The number of carbonyl (C=O) groups is 1. The van der Waals surface area contributed by atoms with Crippen molar-refractivity contribution in [2.75, 3.05) is 13.2 Å². The van der Waals surface area contributed by atoms with Crippen molar-refractivity contribution in [2.24, 2.45) is 5.92 Å². The summed E-state index contributed by atoms with van der Waals surface area (Å²) in [5, 5.41) is 3.39. The molecule has 0 aliphatic heterocycles. The van der Waals surface area contributed by atoms with Gasteiger partial charge in [-0.3, -0.25) is 0 Å². The molecule has 1 rings (SSSR count). The van der Waals surface area contributed by atoms with Gasteiger partial charge in [-0.05, 0) is 59.9 Å². The maximum atomic E-state index is 11.6. The molecule has 4 nitrogen and oxygen atoms in total. The summed E-state index contributed by atoms with van der Waals surface area (Å²) < 4.78 is 11.4. The van der Waals surface area contributed by atoms with Gasteiger partial charge in [0.25, 0.3) is 0 Å². The highest BCUT2D eigenvalue weighted by atomic mass is 79.9. The predicted octanol–water partition coefficient (Wildman–Crippen LogP) is 3.53. The van der Waals surface area contributed by atoms with E-state index in [0.29, 0.717) is 18.3 Å². The summed E-state index contributed by atoms with van der Waals surface area (Å²) in [5.74, 6) is 0.914. The molecule has 0 fully saturated rings. The predicted molar refractivity (Wildman–Crippen MR) is 87.4 cm³/mol. The largest absolute Gasteiger partial charge is 0.478 e. The fourth-order valence-corrected chi connectivity index (χ4v) is 2.27.